The van der Waals surface area contributed by atoms with Gasteiger partial charge in [0, 0.05) is 6.54 Å². The number of carbonyl (C=O) groups excluding carboxylic acids is 2. The molecule has 2 heterocycles. The highest BCUT2D eigenvalue weighted by molar-refractivity contribution is 6.21. The maximum atomic E-state index is 12.5. The van der Waals surface area contributed by atoms with Gasteiger partial charge in [-0.25, -0.2) is 9.78 Å². The van der Waals surface area contributed by atoms with E-state index in [0.29, 0.717) is 35.1 Å². The van der Waals surface area contributed by atoms with E-state index in [2.05, 4.69) is 24.1 Å². The standard InChI is InChI=1S/C20H21N3O4/c1-12(2)7-8-21-17-10-13(20(26)27)9-14(22-17)11-23-18(24)15-5-3-4-6-16(15)19(23)25/h3-6,9-10,12H,7-8,11H2,1-2H3,(H,21,22)(H,26,27). The van der Waals surface area contributed by atoms with Crippen LogP contribution in [0.15, 0.2) is 36.4 Å². The number of carboxylic acids is 1. The molecule has 0 fully saturated rings. The molecule has 2 amide bonds. The number of anilines is 1. The molecule has 0 spiro atoms. The van der Waals surface area contributed by atoms with E-state index in [0.717, 1.165) is 11.3 Å². The third kappa shape index (κ3) is 3.97. The van der Waals surface area contributed by atoms with E-state index in [1.54, 1.807) is 24.3 Å². The topological polar surface area (TPSA) is 99.6 Å². The number of rotatable bonds is 7. The van der Waals surface area contributed by atoms with Gasteiger partial charge in [0.15, 0.2) is 0 Å². The number of amides is 2. The Morgan fingerprint density at radius 2 is 1.78 bits per heavy atom. The molecule has 0 bridgehead atoms. The molecule has 1 aliphatic rings. The quantitative estimate of drug-likeness (QED) is 0.730. The van der Waals surface area contributed by atoms with Crippen LogP contribution in [-0.2, 0) is 6.54 Å². The lowest BCUT2D eigenvalue weighted by Crippen LogP contribution is -2.29. The summed E-state index contributed by atoms with van der Waals surface area (Å²) in [5.74, 6) is -0.965. The number of hydrogen-bond acceptors (Lipinski definition) is 5. The molecule has 0 unspecified atom stereocenters. The smallest absolute Gasteiger partial charge is 0.335 e. The summed E-state index contributed by atoms with van der Waals surface area (Å²) < 4.78 is 0. The van der Waals surface area contributed by atoms with Crippen molar-refractivity contribution in [2.75, 3.05) is 11.9 Å². The fourth-order valence-electron chi connectivity index (χ4n) is 2.92. The van der Waals surface area contributed by atoms with Gasteiger partial charge in [0.25, 0.3) is 11.8 Å². The maximum absolute atomic E-state index is 12.5. The van der Waals surface area contributed by atoms with Crippen LogP contribution in [0.3, 0.4) is 0 Å². The molecule has 1 aromatic heterocycles. The lowest BCUT2D eigenvalue weighted by Gasteiger charge is -2.15. The molecule has 2 aromatic rings. The first-order valence-electron chi connectivity index (χ1n) is 8.80. The van der Waals surface area contributed by atoms with Crippen LogP contribution in [0.1, 0.15) is 57.0 Å². The molecule has 3 rings (SSSR count). The summed E-state index contributed by atoms with van der Waals surface area (Å²) in [7, 11) is 0. The van der Waals surface area contributed by atoms with Crippen molar-refractivity contribution in [2.24, 2.45) is 5.92 Å². The van der Waals surface area contributed by atoms with E-state index in [1.165, 1.54) is 12.1 Å². The number of aromatic carboxylic acids is 1. The van der Waals surface area contributed by atoms with Crippen LogP contribution in [0, 0.1) is 5.92 Å². The molecule has 2 N–H and O–H groups in total. The van der Waals surface area contributed by atoms with Crippen molar-refractivity contribution < 1.29 is 19.5 Å². The van der Waals surface area contributed by atoms with E-state index < -0.39 is 17.8 Å². The lowest BCUT2D eigenvalue weighted by atomic mass is 10.1. The second-order valence-corrected chi connectivity index (χ2v) is 6.89. The van der Waals surface area contributed by atoms with Crippen LogP contribution in [0.2, 0.25) is 0 Å². The van der Waals surface area contributed by atoms with Gasteiger partial charge in [-0.05, 0) is 36.6 Å². The van der Waals surface area contributed by atoms with Crippen molar-refractivity contribution in [1.29, 1.82) is 0 Å². The summed E-state index contributed by atoms with van der Waals surface area (Å²) in [6.45, 7) is 4.76. The molecular formula is C20H21N3O4. The van der Waals surface area contributed by atoms with E-state index in [4.69, 9.17) is 0 Å². The zero-order valence-electron chi connectivity index (χ0n) is 15.2. The number of aromatic nitrogens is 1. The van der Waals surface area contributed by atoms with E-state index in [-0.39, 0.29) is 12.1 Å². The van der Waals surface area contributed by atoms with E-state index in [9.17, 15) is 19.5 Å². The van der Waals surface area contributed by atoms with Crippen molar-refractivity contribution in [3.8, 4) is 0 Å². The fourth-order valence-corrected chi connectivity index (χ4v) is 2.92. The summed E-state index contributed by atoms with van der Waals surface area (Å²) >= 11 is 0. The Morgan fingerprint density at radius 1 is 1.15 bits per heavy atom. The highest BCUT2D eigenvalue weighted by Crippen LogP contribution is 2.24. The SMILES string of the molecule is CC(C)CCNc1cc(C(=O)O)cc(CN2C(=O)c3ccccc3C2=O)n1. The second kappa shape index (κ2) is 7.57. The second-order valence-electron chi connectivity index (χ2n) is 6.89. The molecule has 7 heteroatoms. The van der Waals surface area contributed by atoms with Crippen molar-refractivity contribution in [2.45, 2.75) is 26.8 Å². The predicted octanol–water partition coefficient (Wildman–Crippen LogP) is 3.03. The zero-order valence-corrected chi connectivity index (χ0v) is 15.2. The Bertz CT molecular complexity index is 873. The van der Waals surface area contributed by atoms with Gasteiger partial charge in [0.2, 0.25) is 0 Å². The Kier molecular flexibility index (Phi) is 5.21. The van der Waals surface area contributed by atoms with E-state index >= 15 is 0 Å². The molecule has 27 heavy (non-hydrogen) atoms. The van der Waals surface area contributed by atoms with Crippen LogP contribution in [0.5, 0.6) is 0 Å². The molecule has 140 valence electrons. The third-order valence-electron chi connectivity index (χ3n) is 4.35. The molecule has 1 aromatic carbocycles. The minimum absolute atomic E-state index is 0.0589. The molecule has 0 radical (unpaired) electrons. The summed E-state index contributed by atoms with van der Waals surface area (Å²) in [4.78, 5) is 41.9. The highest BCUT2D eigenvalue weighted by atomic mass is 16.4. The normalized spacial score (nSPS) is 13.2. The van der Waals surface area contributed by atoms with Crippen LogP contribution >= 0.6 is 0 Å². The molecule has 0 saturated heterocycles. The predicted molar refractivity (Wildman–Crippen MR) is 99.8 cm³/mol. The van der Waals surface area contributed by atoms with Gasteiger partial charge >= 0.3 is 5.97 Å². The van der Waals surface area contributed by atoms with Gasteiger partial charge in [-0.3, -0.25) is 14.5 Å². The number of hydrogen-bond donors (Lipinski definition) is 2. The van der Waals surface area contributed by atoms with E-state index in [1.807, 2.05) is 0 Å². The average molecular weight is 367 g/mol. The highest BCUT2D eigenvalue weighted by Gasteiger charge is 2.35. The van der Waals surface area contributed by atoms with Gasteiger partial charge in [-0.2, -0.15) is 0 Å². The molecule has 1 aliphatic heterocycles. The Labute approximate surface area is 157 Å². The van der Waals surface area contributed by atoms with Gasteiger partial charge in [0.1, 0.15) is 5.82 Å². The third-order valence-corrected chi connectivity index (χ3v) is 4.35. The number of pyridine rings is 1. The number of benzene rings is 1. The average Bonchev–Trinajstić information content (AvgIpc) is 2.86. The van der Waals surface area contributed by atoms with Crippen LogP contribution in [-0.4, -0.2) is 39.3 Å². The molecule has 0 atom stereocenters. The van der Waals surface area contributed by atoms with Gasteiger partial charge in [-0.1, -0.05) is 26.0 Å². The summed E-state index contributed by atoms with van der Waals surface area (Å²) in [6.07, 6.45) is 0.909. The molecule has 0 saturated carbocycles. The van der Waals surface area contributed by atoms with Crippen molar-refractivity contribution >= 4 is 23.6 Å². The number of carbonyl (C=O) groups is 3. The first-order valence-corrected chi connectivity index (χ1v) is 8.80. The zero-order chi connectivity index (χ0) is 19.6. The first-order chi connectivity index (χ1) is 12.9. The minimum Gasteiger partial charge on any atom is -0.478 e. The summed E-state index contributed by atoms with van der Waals surface area (Å²) in [5.41, 5.74) is 1.11. The van der Waals surface area contributed by atoms with Crippen molar-refractivity contribution in [3.63, 3.8) is 0 Å². The van der Waals surface area contributed by atoms with Crippen molar-refractivity contribution in [1.82, 2.24) is 9.88 Å². The Morgan fingerprint density at radius 3 is 2.33 bits per heavy atom. The number of nitrogens with zero attached hydrogens (tertiary/aromatic N) is 2. The maximum Gasteiger partial charge on any atom is 0.335 e. The molecule has 0 aliphatic carbocycles. The lowest BCUT2D eigenvalue weighted by molar-refractivity contribution is 0.0639. The fraction of sp³-hybridized carbons (Fsp3) is 0.300. The molecule has 7 nitrogen and oxygen atoms in total. The first kappa shape index (κ1) is 18.6. The Balaban J connectivity index is 1.84. The summed E-state index contributed by atoms with van der Waals surface area (Å²) in [6, 6.07) is 9.46. The Hall–Kier alpha value is -3.22. The number of fused-ring (bicyclic) bond motifs is 1. The summed E-state index contributed by atoms with van der Waals surface area (Å²) in [5, 5.41) is 12.5. The number of imide groups is 1. The van der Waals surface area contributed by atoms with Crippen LogP contribution in [0.25, 0.3) is 0 Å². The largest absolute Gasteiger partial charge is 0.478 e. The monoisotopic (exact) mass is 367 g/mol. The van der Waals surface area contributed by atoms with Gasteiger partial charge in [0.05, 0.1) is 28.9 Å². The van der Waals surface area contributed by atoms with Crippen LogP contribution < -0.4 is 5.32 Å². The van der Waals surface area contributed by atoms with Crippen molar-refractivity contribution in [3.05, 3.63) is 58.8 Å². The number of nitrogens with one attached hydrogen (secondary N) is 1. The number of carboxylic acid groups (broad SMARTS) is 1. The van der Waals surface area contributed by atoms with Crippen LogP contribution in [0.4, 0.5) is 5.82 Å². The van der Waals surface area contributed by atoms with Gasteiger partial charge < -0.3 is 10.4 Å². The van der Waals surface area contributed by atoms with Gasteiger partial charge in [-0.15, -0.1) is 0 Å². The minimum atomic E-state index is -1.09. The molecular weight excluding hydrogens is 346 g/mol.